The first-order valence-electron chi connectivity index (χ1n) is 7.68. The van der Waals surface area contributed by atoms with E-state index in [1.165, 1.54) is 6.33 Å². The summed E-state index contributed by atoms with van der Waals surface area (Å²) < 4.78 is 5.75. The molecule has 1 aromatic heterocycles. The third-order valence-electron chi connectivity index (χ3n) is 3.53. The van der Waals surface area contributed by atoms with Crippen LogP contribution in [0.2, 0.25) is 5.02 Å². The standard InChI is InChI=1S/C18H16ClN5O2/c19-15-8-13(24-18-14(9-23-25)17(20)21-11-22-18)6-7-16(15)26-10-12-4-2-1-3-5-12/h1-9,11,25H,10H2,(H3,20,21,22,24)/b23-9+. The highest BCUT2D eigenvalue weighted by Crippen LogP contribution is 2.30. The molecule has 0 saturated carbocycles. The molecule has 8 heteroatoms. The lowest BCUT2D eigenvalue weighted by Crippen LogP contribution is -2.05. The second kappa shape index (κ2) is 8.17. The normalized spacial score (nSPS) is 10.8. The Labute approximate surface area is 155 Å². The number of nitrogens with one attached hydrogen (secondary N) is 1. The van der Waals surface area contributed by atoms with Gasteiger partial charge in [-0.2, -0.15) is 0 Å². The first kappa shape index (κ1) is 17.5. The quantitative estimate of drug-likeness (QED) is 0.346. The molecule has 2 aromatic carbocycles. The third kappa shape index (κ3) is 4.20. The molecule has 0 spiro atoms. The monoisotopic (exact) mass is 369 g/mol. The van der Waals surface area contributed by atoms with Gasteiger partial charge < -0.3 is 21.0 Å². The Morgan fingerprint density at radius 2 is 2.00 bits per heavy atom. The lowest BCUT2D eigenvalue weighted by Gasteiger charge is -2.12. The number of anilines is 3. The van der Waals surface area contributed by atoms with Gasteiger partial charge >= 0.3 is 0 Å². The molecule has 0 bridgehead atoms. The Hall–Kier alpha value is -3.32. The number of nitrogen functional groups attached to an aromatic ring is 1. The van der Waals surface area contributed by atoms with Crippen molar-refractivity contribution in [2.45, 2.75) is 6.61 Å². The van der Waals surface area contributed by atoms with Gasteiger partial charge in [0.2, 0.25) is 0 Å². The fourth-order valence-corrected chi connectivity index (χ4v) is 2.50. The fourth-order valence-electron chi connectivity index (χ4n) is 2.26. The van der Waals surface area contributed by atoms with E-state index in [0.29, 0.717) is 34.4 Å². The average molecular weight is 370 g/mol. The number of oxime groups is 1. The summed E-state index contributed by atoms with van der Waals surface area (Å²) in [6.45, 7) is 0.424. The van der Waals surface area contributed by atoms with Crippen LogP contribution in [0.15, 0.2) is 60.0 Å². The summed E-state index contributed by atoms with van der Waals surface area (Å²) >= 11 is 6.31. The minimum atomic E-state index is 0.189. The van der Waals surface area contributed by atoms with Crippen molar-refractivity contribution in [3.63, 3.8) is 0 Å². The highest BCUT2D eigenvalue weighted by molar-refractivity contribution is 6.32. The van der Waals surface area contributed by atoms with Gasteiger partial charge in [0.25, 0.3) is 0 Å². The summed E-state index contributed by atoms with van der Waals surface area (Å²) in [5, 5.41) is 15.3. The molecule has 0 saturated heterocycles. The van der Waals surface area contributed by atoms with E-state index in [0.717, 1.165) is 11.8 Å². The maximum Gasteiger partial charge on any atom is 0.144 e. The summed E-state index contributed by atoms with van der Waals surface area (Å²) in [6.07, 6.45) is 2.47. The largest absolute Gasteiger partial charge is 0.487 e. The van der Waals surface area contributed by atoms with E-state index in [1.807, 2.05) is 30.3 Å². The minimum absolute atomic E-state index is 0.189. The molecule has 0 amide bonds. The van der Waals surface area contributed by atoms with Crippen molar-refractivity contribution in [3.05, 3.63) is 71.0 Å². The average Bonchev–Trinajstić information content (AvgIpc) is 2.65. The van der Waals surface area contributed by atoms with Crippen LogP contribution in [-0.4, -0.2) is 21.4 Å². The molecule has 7 nitrogen and oxygen atoms in total. The van der Waals surface area contributed by atoms with Crippen molar-refractivity contribution < 1.29 is 9.94 Å². The Morgan fingerprint density at radius 3 is 2.73 bits per heavy atom. The van der Waals surface area contributed by atoms with Crippen molar-refractivity contribution >= 4 is 35.1 Å². The van der Waals surface area contributed by atoms with Gasteiger partial charge in [-0.05, 0) is 23.8 Å². The van der Waals surface area contributed by atoms with Crippen molar-refractivity contribution in [1.29, 1.82) is 0 Å². The summed E-state index contributed by atoms with van der Waals surface area (Å²) in [5.41, 5.74) is 7.87. The van der Waals surface area contributed by atoms with Gasteiger partial charge in [0.05, 0.1) is 16.8 Å². The van der Waals surface area contributed by atoms with E-state index < -0.39 is 0 Å². The van der Waals surface area contributed by atoms with Crippen LogP contribution in [-0.2, 0) is 6.61 Å². The van der Waals surface area contributed by atoms with Crippen molar-refractivity contribution in [2.75, 3.05) is 11.1 Å². The van der Waals surface area contributed by atoms with Crippen LogP contribution in [0.1, 0.15) is 11.1 Å². The number of hydrogen-bond acceptors (Lipinski definition) is 7. The Bertz CT molecular complexity index is 919. The Morgan fingerprint density at radius 1 is 1.19 bits per heavy atom. The third-order valence-corrected chi connectivity index (χ3v) is 3.83. The zero-order chi connectivity index (χ0) is 18.4. The lowest BCUT2D eigenvalue weighted by molar-refractivity contribution is 0.306. The molecule has 0 fully saturated rings. The smallest absolute Gasteiger partial charge is 0.144 e. The van der Waals surface area contributed by atoms with E-state index in [1.54, 1.807) is 18.2 Å². The van der Waals surface area contributed by atoms with E-state index in [2.05, 4.69) is 20.4 Å². The second-order valence-corrected chi connectivity index (χ2v) is 5.72. The van der Waals surface area contributed by atoms with Gasteiger partial charge in [-0.3, -0.25) is 0 Å². The second-order valence-electron chi connectivity index (χ2n) is 5.31. The van der Waals surface area contributed by atoms with Crippen LogP contribution >= 0.6 is 11.6 Å². The minimum Gasteiger partial charge on any atom is -0.487 e. The van der Waals surface area contributed by atoms with Crippen LogP contribution in [0.3, 0.4) is 0 Å². The predicted molar refractivity (Wildman–Crippen MR) is 101 cm³/mol. The van der Waals surface area contributed by atoms with Crippen LogP contribution in [0.5, 0.6) is 5.75 Å². The van der Waals surface area contributed by atoms with Gasteiger partial charge in [0.1, 0.15) is 30.3 Å². The van der Waals surface area contributed by atoms with E-state index >= 15 is 0 Å². The van der Waals surface area contributed by atoms with Crippen LogP contribution < -0.4 is 15.8 Å². The molecule has 0 atom stereocenters. The number of hydrogen-bond donors (Lipinski definition) is 3. The number of benzene rings is 2. The number of aromatic nitrogens is 2. The maximum absolute atomic E-state index is 8.76. The molecule has 4 N–H and O–H groups in total. The molecule has 0 aliphatic carbocycles. The summed E-state index contributed by atoms with van der Waals surface area (Å²) in [7, 11) is 0. The summed E-state index contributed by atoms with van der Waals surface area (Å²) in [6, 6.07) is 15.1. The van der Waals surface area contributed by atoms with E-state index in [9.17, 15) is 0 Å². The summed E-state index contributed by atoms with van der Waals surface area (Å²) in [4.78, 5) is 7.97. The highest BCUT2D eigenvalue weighted by atomic mass is 35.5. The molecular formula is C18H16ClN5O2. The zero-order valence-corrected chi connectivity index (χ0v) is 14.4. The van der Waals surface area contributed by atoms with Crippen LogP contribution in [0, 0.1) is 0 Å². The van der Waals surface area contributed by atoms with Crippen molar-refractivity contribution in [2.24, 2.45) is 5.16 Å². The van der Waals surface area contributed by atoms with Crippen molar-refractivity contribution in [1.82, 2.24) is 9.97 Å². The molecule has 0 aliphatic rings. The maximum atomic E-state index is 8.76. The number of ether oxygens (including phenoxy) is 1. The number of rotatable bonds is 6. The van der Waals surface area contributed by atoms with Crippen LogP contribution in [0.4, 0.5) is 17.3 Å². The Kier molecular flexibility index (Phi) is 5.50. The molecule has 3 rings (SSSR count). The molecule has 0 radical (unpaired) electrons. The first-order chi connectivity index (χ1) is 12.7. The van der Waals surface area contributed by atoms with Crippen LogP contribution in [0.25, 0.3) is 0 Å². The summed E-state index contributed by atoms with van der Waals surface area (Å²) in [5.74, 6) is 1.15. The van der Waals surface area contributed by atoms with E-state index in [4.69, 9.17) is 27.3 Å². The Balaban J connectivity index is 1.75. The molecule has 132 valence electrons. The molecule has 1 heterocycles. The number of halogens is 1. The van der Waals surface area contributed by atoms with Gasteiger partial charge in [-0.1, -0.05) is 47.1 Å². The van der Waals surface area contributed by atoms with Gasteiger partial charge in [-0.25, -0.2) is 9.97 Å². The number of nitrogens with zero attached hydrogens (tertiary/aromatic N) is 3. The van der Waals surface area contributed by atoms with Gasteiger partial charge in [0, 0.05) is 5.69 Å². The topological polar surface area (TPSA) is 106 Å². The molecule has 3 aromatic rings. The molecule has 0 unspecified atom stereocenters. The highest BCUT2D eigenvalue weighted by Gasteiger charge is 2.09. The first-order valence-corrected chi connectivity index (χ1v) is 8.06. The molecule has 0 aliphatic heterocycles. The zero-order valence-electron chi connectivity index (χ0n) is 13.6. The van der Waals surface area contributed by atoms with Gasteiger partial charge in [0.15, 0.2) is 0 Å². The number of nitrogens with two attached hydrogens (primary N) is 1. The lowest BCUT2D eigenvalue weighted by atomic mass is 10.2. The van der Waals surface area contributed by atoms with Gasteiger partial charge in [-0.15, -0.1) is 0 Å². The molecular weight excluding hydrogens is 354 g/mol. The predicted octanol–water partition coefficient (Wildman–Crippen LogP) is 3.84. The molecule has 26 heavy (non-hydrogen) atoms. The SMILES string of the molecule is Nc1ncnc(Nc2ccc(OCc3ccccc3)c(Cl)c2)c1/C=N/O. The van der Waals surface area contributed by atoms with Crippen molar-refractivity contribution in [3.8, 4) is 5.75 Å². The fraction of sp³-hybridized carbons (Fsp3) is 0.0556. The van der Waals surface area contributed by atoms with E-state index in [-0.39, 0.29) is 5.82 Å².